The van der Waals surface area contributed by atoms with E-state index in [9.17, 15) is 64.6 Å². The molecule has 18 atom stereocenters. The predicted molar refractivity (Wildman–Crippen MR) is 424 cm³/mol. The fourth-order valence-corrected chi connectivity index (χ4v) is 13.8. The van der Waals surface area contributed by atoms with Gasteiger partial charge in [-0.25, -0.2) is 28.8 Å². The molecular formula is C85H100N10O25. The number of carbonyl (C=O) groups excluding carboxylic acids is 7. The Morgan fingerprint density at radius 3 is 1.42 bits per heavy atom. The zero-order chi connectivity index (χ0) is 84.4. The first-order chi connectivity index (χ1) is 58.4. The number of aliphatic hydroxyl groups is 5. The van der Waals surface area contributed by atoms with Crippen LogP contribution in [-0.4, -0.2) is 229 Å². The predicted octanol–water partition coefficient (Wildman–Crippen LogP) is 7.13. The van der Waals surface area contributed by atoms with Crippen molar-refractivity contribution < 1.29 is 121 Å². The van der Waals surface area contributed by atoms with Crippen LogP contribution in [0.5, 0.6) is 0 Å². The van der Waals surface area contributed by atoms with Crippen LogP contribution in [-0.2, 0) is 112 Å². The van der Waals surface area contributed by atoms with Crippen LogP contribution in [0.2, 0.25) is 0 Å². The molecule has 7 amide bonds. The zero-order valence-corrected chi connectivity index (χ0v) is 65.5. The van der Waals surface area contributed by atoms with Crippen molar-refractivity contribution in [3.8, 4) is 0 Å². The highest BCUT2D eigenvalue weighted by Gasteiger charge is 2.57. The number of alkyl carbamates (subject to hydrolysis) is 5. The number of aliphatic hydroxyl groups excluding tert-OH is 5. The third kappa shape index (κ3) is 27.5. The van der Waals surface area contributed by atoms with E-state index in [2.05, 4.69) is 41.9 Å². The van der Waals surface area contributed by atoms with Crippen LogP contribution in [0.1, 0.15) is 64.6 Å². The van der Waals surface area contributed by atoms with Crippen molar-refractivity contribution in [3.63, 3.8) is 0 Å². The number of ether oxygens (including phenoxy) is 13. The molecule has 3 heterocycles. The summed E-state index contributed by atoms with van der Waals surface area (Å²) < 4.78 is 81.2. The number of nitrogens with zero attached hydrogens (tertiary/aromatic N) is 4. The average Bonchev–Trinajstić information content (AvgIpc) is 1.48. The number of rotatable bonds is 38. The van der Waals surface area contributed by atoms with E-state index in [0.717, 1.165) is 5.56 Å². The molecule has 1 saturated carbocycles. The second-order valence-corrected chi connectivity index (χ2v) is 28.7. The molecule has 7 aromatic carbocycles. The van der Waals surface area contributed by atoms with Crippen molar-refractivity contribution in [2.75, 3.05) is 45.9 Å². The van der Waals surface area contributed by atoms with Gasteiger partial charge in [-0.05, 0) is 76.6 Å². The summed E-state index contributed by atoms with van der Waals surface area (Å²) in [6.07, 6.45) is -30.8. The van der Waals surface area contributed by atoms with Crippen LogP contribution in [0.25, 0.3) is 10.4 Å². The van der Waals surface area contributed by atoms with Gasteiger partial charge in [0.2, 0.25) is 5.91 Å². The minimum absolute atomic E-state index is 0.0585. The summed E-state index contributed by atoms with van der Waals surface area (Å²) in [6.45, 7) is -3.82. The van der Waals surface area contributed by atoms with Crippen LogP contribution in [0.15, 0.2) is 217 Å². The van der Waals surface area contributed by atoms with Crippen LogP contribution in [0.3, 0.4) is 0 Å². The molecule has 0 aromatic heterocycles. The summed E-state index contributed by atoms with van der Waals surface area (Å²) in [7, 11) is 0. The molecule has 0 spiro atoms. The van der Waals surface area contributed by atoms with Crippen molar-refractivity contribution in [1.29, 1.82) is 0 Å². The molecule has 1 aliphatic carbocycles. The number of benzene rings is 7. The Labute approximate surface area is 691 Å². The van der Waals surface area contributed by atoms with E-state index in [1.807, 2.05) is 36.4 Å². The molecule has 7 aromatic rings. The lowest BCUT2D eigenvalue weighted by Crippen LogP contribution is -2.68. The maximum absolute atomic E-state index is 14.6. The van der Waals surface area contributed by atoms with Gasteiger partial charge >= 0.3 is 36.6 Å². The fourth-order valence-electron chi connectivity index (χ4n) is 13.8. The SMILES string of the molecule is [N-]=[N+]=NC[C@@H]1CC[C@@H](NC(=O)OCc2ccccc2)[C@@H](O[C@H]2[C@H](O[C@@H]3O[C@H](CO)[C@@H](O[C@H]4O[C@@H](CNC(=O)OCc5ccccc5)[C@@H](O)[C@H](O)[C@H]4NC(=O)OCc4ccccc4)[C@H]3OCCN(CCc3ccccc3)C(=O)OCc3ccccc3)[C@@H](O)[C@H](NC(=O)[C@@H](O)CCNC(=O)OCc3ccccc3)C[C@@H]2NC(=O)OCc2ccccc2)O1. The molecule has 0 bridgehead atoms. The third-order valence-electron chi connectivity index (χ3n) is 20.2. The van der Waals surface area contributed by atoms with E-state index in [1.165, 1.54) is 4.90 Å². The summed E-state index contributed by atoms with van der Waals surface area (Å²) in [4.78, 5) is 102. The first-order valence-corrected chi connectivity index (χ1v) is 39.4. The number of amides is 7. The van der Waals surface area contributed by atoms with Crippen LogP contribution in [0.4, 0.5) is 28.8 Å². The van der Waals surface area contributed by atoms with E-state index in [-0.39, 0.29) is 78.7 Å². The Bertz CT molecular complexity index is 4360. The van der Waals surface area contributed by atoms with E-state index in [1.54, 1.807) is 176 Å². The lowest BCUT2D eigenvalue weighted by atomic mass is 9.83. The van der Waals surface area contributed by atoms with Gasteiger partial charge in [0.25, 0.3) is 0 Å². The average molecular weight is 1660 g/mol. The molecule has 640 valence electrons. The van der Waals surface area contributed by atoms with Crippen molar-refractivity contribution in [2.45, 2.75) is 182 Å². The molecule has 0 unspecified atom stereocenters. The Hall–Kier alpha value is -11.5. The first-order valence-electron chi connectivity index (χ1n) is 39.4. The van der Waals surface area contributed by atoms with Crippen LogP contribution in [0, 0.1) is 0 Å². The lowest BCUT2D eigenvalue weighted by molar-refractivity contribution is -0.295. The minimum Gasteiger partial charge on any atom is -0.445 e. The van der Waals surface area contributed by atoms with Crippen molar-refractivity contribution in [2.24, 2.45) is 5.11 Å². The van der Waals surface area contributed by atoms with Crippen molar-refractivity contribution in [1.82, 2.24) is 36.8 Å². The van der Waals surface area contributed by atoms with Gasteiger partial charge in [0.15, 0.2) is 18.9 Å². The Morgan fingerprint density at radius 1 is 0.458 bits per heavy atom. The smallest absolute Gasteiger partial charge is 0.410 e. The second-order valence-electron chi connectivity index (χ2n) is 28.7. The van der Waals surface area contributed by atoms with Crippen LogP contribution < -0.4 is 31.9 Å². The van der Waals surface area contributed by atoms with Gasteiger partial charge in [-0.2, -0.15) is 0 Å². The summed E-state index contributed by atoms with van der Waals surface area (Å²) in [5.74, 6) is -1.09. The van der Waals surface area contributed by atoms with E-state index < -0.39 is 185 Å². The molecule has 11 N–H and O–H groups in total. The van der Waals surface area contributed by atoms with Crippen molar-refractivity contribution in [3.05, 3.63) is 262 Å². The Balaban J connectivity index is 0.961. The van der Waals surface area contributed by atoms with Gasteiger partial charge in [0, 0.05) is 31.1 Å². The number of azide groups is 1. The Kier molecular flexibility index (Phi) is 34.7. The molecule has 3 aliphatic heterocycles. The molecule has 3 saturated heterocycles. The minimum atomic E-state index is -2.05. The van der Waals surface area contributed by atoms with Gasteiger partial charge in [0.1, 0.15) is 107 Å². The summed E-state index contributed by atoms with van der Waals surface area (Å²) >= 11 is 0. The quantitative estimate of drug-likeness (QED) is 0.00793. The summed E-state index contributed by atoms with van der Waals surface area (Å²) in [5.41, 5.74) is 14.2. The van der Waals surface area contributed by atoms with Gasteiger partial charge < -0.3 is 124 Å². The van der Waals surface area contributed by atoms with Gasteiger partial charge in [-0.15, -0.1) is 0 Å². The standard InChI is InChI=1S/C85H100N10O25/c86-94-89-45-61-36-37-62(91-82(104)111-50-57-28-14-4-15-29-57)77(115-61)118-72-64(92-83(105)112-51-58-30-16-5-17-31-58)44-63(90-76(101)65(97)38-40-87-80(102)109-48-55-24-10-2-11-25-55)69(98)74(72)120-79-75(108-43-42-95(41-39-54-22-8-1-9-23-54)85(107)114-53-60-34-20-7-21-35-60)73(67(47-96)117-79)119-78-68(93-84(106)113-52-59-32-18-6-19-33-59)71(100)70(99)66(116-78)46-88-81(103)110-49-56-26-12-3-13-27-56/h1-35,61-75,77-79,96-100H,36-53H2,(H,87,102)(H,88,103)(H,90,101)(H,91,104)(H,92,105)(H,93,106)/t61-,62+,63+,64-,65-,66-,67+,68+,69-,70+,71+,72+,73+,74+,75+,77+,78+,79-/m0/s1. The van der Waals surface area contributed by atoms with E-state index >= 15 is 0 Å². The monoisotopic (exact) mass is 1660 g/mol. The highest BCUT2D eigenvalue weighted by atomic mass is 16.8. The van der Waals surface area contributed by atoms with E-state index in [0.29, 0.717) is 39.8 Å². The van der Waals surface area contributed by atoms with Crippen molar-refractivity contribution >= 4 is 42.5 Å². The highest BCUT2D eigenvalue weighted by molar-refractivity contribution is 5.81. The number of hydrogen-bond donors (Lipinski definition) is 11. The fraction of sp³-hybridized carbons (Fsp3) is 0.424. The number of hydrogen-bond acceptors (Lipinski definition) is 26. The molecule has 11 rings (SSSR count). The normalized spacial score (nSPS) is 24.6. The summed E-state index contributed by atoms with van der Waals surface area (Å²) in [5, 5.41) is 80.4. The third-order valence-corrected chi connectivity index (χ3v) is 20.2. The number of nitrogens with one attached hydrogen (secondary N) is 6. The molecule has 35 heteroatoms. The van der Waals surface area contributed by atoms with Gasteiger partial charge in [-0.1, -0.05) is 217 Å². The lowest BCUT2D eigenvalue weighted by Gasteiger charge is -2.48. The van der Waals surface area contributed by atoms with E-state index in [4.69, 9.17) is 61.6 Å². The second kappa shape index (κ2) is 46.7. The molecule has 35 nitrogen and oxygen atoms in total. The Morgan fingerprint density at radius 2 is 0.908 bits per heavy atom. The topological polar surface area (TPSA) is 465 Å². The largest absolute Gasteiger partial charge is 0.445 e. The summed E-state index contributed by atoms with van der Waals surface area (Å²) in [6, 6.07) is 55.7. The van der Waals surface area contributed by atoms with Gasteiger partial charge in [-0.3, -0.25) is 4.79 Å². The maximum atomic E-state index is 14.6. The molecule has 0 radical (unpaired) electrons. The molecule has 4 fully saturated rings. The highest BCUT2D eigenvalue weighted by Crippen LogP contribution is 2.38. The number of carbonyl (C=O) groups is 7. The van der Waals surface area contributed by atoms with Gasteiger partial charge in [0.05, 0.1) is 44.0 Å². The maximum Gasteiger partial charge on any atom is 0.410 e. The molecule has 4 aliphatic rings. The van der Waals surface area contributed by atoms with Crippen LogP contribution >= 0.6 is 0 Å². The first kappa shape index (κ1) is 89.3. The zero-order valence-electron chi connectivity index (χ0n) is 65.5. The molecular weight excluding hydrogens is 1560 g/mol. The molecule has 120 heavy (non-hydrogen) atoms.